The minimum absolute atomic E-state index is 0.262. The summed E-state index contributed by atoms with van der Waals surface area (Å²) in [5, 5.41) is 11.4. The first-order valence-electron chi connectivity index (χ1n) is 11.2. The first-order valence-corrected chi connectivity index (χ1v) is 11.9. The Bertz CT molecular complexity index is 1080. The quantitative estimate of drug-likeness (QED) is 0.244. The SMILES string of the molecule is CCOc1cc(N=NC(C(C)=O)C(=O)Nc2cc(Cl)c(OCC)cc2OCC)c(OCC)cc1Cl. The van der Waals surface area contributed by atoms with E-state index in [0.29, 0.717) is 54.4 Å². The molecule has 0 radical (unpaired) electrons. The lowest BCUT2D eigenvalue weighted by molar-refractivity contribution is -0.126. The number of anilines is 1. The molecule has 1 amide bonds. The van der Waals surface area contributed by atoms with E-state index in [0.717, 1.165) is 0 Å². The minimum atomic E-state index is -1.43. The number of hydrogen-bond donors (Lipinski definition) is 1. The van der Waals surface area contributed by atoms with E-state index in [1.807, 2.05) is 13.8 Å². The van der Waals surface area contributed by atoms with Gasteiger partial charge in [-0.2, -0.15) is 10.2 Å². The van der Waals surface area contributed by atoms with Gasteiger partial charge in [0.15, 0.2) is 5.78 Å². The summed E-state index contributed by atoms with van der Waals surface area (Å²) in [7, 11) is 0. The van der Waals surface area contributed by atoms with Crippen molar-refractivity contribution >= 4 is 46.3 Å². The maximum atomic E-state index is 13.0. The Morgan fingerprint density at radius 1 is 0.800 bits per heavy atom. The predicted molar refractivity (Wildman–Crippen MR) is 135 cm³/mol. The summed E-state index contributed by atoms with van der Waals surface area (Å²) in [4.78, 5) is 25.3. The molecule has 1 N–H and O–H groups in total. The van der Waals surface area contributed by atoms with Gasteiger partial charge in [0, 0.05) is 18.2 Å². The van der Waals surface area contributed by atoms with Crippen molar-refractivity contribution in [1.29, 1.82) is 0 Å². The summed E-state index contributed by atoms with van der Waals surface area (Å²) in [5.74, 6) is 0.239. The van der Waals surface area contributed by atoms with Gasteiger partial charge < -0.3 is 24.3 Å². The fourth-order valence-electron chi connectivity index (χ4n) is 2.95. The Morgan fingerprint density at radius 2 is 1.31 bits per heavy atom. The molecule has 0 spiro atoms. The van der Waals surface area contributed by atoms with Crippen LogP contribution in [0, 0.1) is 0 Å². The van der Waals surface area contributed by atoms with E-state index in [1.54, 1.807) is 26.0 Å². The number of carbonyl (C=O) groups excluding carboxylic acids is 2. The maximum Gasteiger partial charge on any atom is 0.258 e. The second kappa shape index (κ2) is 13.7. The molecule has 2 rings (SSSR count). The van der Waals surface area contributed by atoms with Gasteiger partial charge in [-0.3, -0.25) is 9.59 Å². The molecular weight excluding hydrogens is 497 g/mol. The average Bonchev–Trinajstić information content (AvgIpc) is 2.79. The van der Waals surface area contributed by atoms with Crippen LogP contribution < -0.4 is 24.3 Å². The molecule has 0 saturated heterocycles. The summed E-state index contributed by atoms with van der Waals surface area (Å²) >= 11 is 12.5. The van der Waals surface area contributed by atoms with E-state index in [1.165, 1.54) is 19.1 Å². The lowest BCUT2D eigenvalue weighted by Crippen LogP contribution is -2.32. The number of carbonyl (C=O) groups is 2. The van der Waals surface area contributed by atoms with Gasteiger partial charge in [0.1, 0.15) is 28.7 Å². The molecule has 0 bridgehead atoms. The van der Waals surface area contributed by atoms with Crippen LogP contribution in [0.2, 0.25) is 10.0 Å². The number of ketones is 1. The van der Waals surface area contributed by atoms with Crippen molar-refractivity contribution in [3.05, 3.63) is 34.3 Å². The molecule has 1 unspecified atom stereocenters. The fraction of sp³-hybridized carbons (Fsp3) is 0.417. The summed E-state index contributed by atoms with van der Waals surface area (Å²) in [6.07, 6.45) is 0. The Hall–Kier alpha value is -3.04. The highest BCUT2D eigenvalue weighted by Crippen LogP contribution is 2.39. The van der Waals surface area contributed by atoms with Crippen molar-refractivity contribution in [2.24, 2.45) is 10.2 Å². The van der Waals surface area contributed by atoms with Crippen LogP contribution in [0.25, 0.3) is 0 Å². The van der Waals surface area contributed by atoms with Gasteiger partial charge in [-0.25, -0.2) is 0 Å². The van der Waals surface area contributed by atoms with Gasteiger partial charge in [-0.05, 0) is 40.7 Å². The normalized spacial score (nSPS) is 11.7. The average molecular weight is 526 g/mol. The van der Waals surface area contributed by atoms with Crippen molar-refractivity contribution in [1.82, 2.24) is 0 Å². The summed E-state index contributed by atoms with van der Waals surface area (Å²) in [6, 6.07) is 4.71. The number of Topliss-reactive ketones (excluding diaryl/α,β-unsaturated/α-hetero) is 1. The van der Waals surface area contributed by atoms with Crippen LogP contribution in [0.1, 0.15) is 34.6 Å². The number of hydrogen-bond acceptors (Lipinski definition) is 8. The molecule has 0 heterocycles. The Labute approximate surface area is 214 Å². The monoisotopic (exact) mass is 525 g/mol. The van der Waals surface area contributed by atoms with Gasteiger partial charge in [-0.1, -0.05) is 23.2 Å². The topological polar surface area (TPSA) is 108 Å². The Morgan fingerprint density at radius 3 is 1.89 bits per heavy atom. The van der Waals surface area contributed by atoms with Gasteiger partial charge in [0.2, 0.25) is 6.04 Å². The number of benzene rings is 2. The summed E-state index contributed by atoms with van der Waals surface area (Å²) in [5.41, 5.74) is 0.532. The fourth-order valence-corrected chi connectivity index (χ4v) is 3.38. The molecule has 0 aromatic heterocycles. The molecule has 0 aliphatic carbocycles. The number of halogens is 2. The first-order chi connectivity index (χ1) is 16.7. The maximum absolute atomic E-state index is 13.0. The number of nitrogens with zero attached hydrogens (tertiary/aromatic N) is 2. The molecule has 2 aromatic rings. The third-order valence-corrected chi connectivity index (χ3v) is 5.01. The highest BCUT2D eigenvalue weighted by atomic mass is 35.5. The molecule has 0 aliphatic heterocycles. The van der Waals surface area contributed by atoms with Gasteiger partial charge in [-0.15, -0.1) is 0 Å². The molecular formula is C24H29Cl2N3O6. The summed E-state index contributed by atoms with van der Waals surface area (Å²) in [6.45, 7) is 9.96. The lowest BCUT2D eigenvalue weighted by atomic mass is 10.2. The molecule has 9 nitrogen and oxygen atoms in total. The van der Waals surface area contributed by atoms with Crippen molar-refractivity contribution in [3.8, 4) is 23.0 Å². The molecule has 0 fully saturated rings. The number of amides is 1. The number of ether oxygens (including phenoxy) is 4. The van der Waals surface area contributed by atoms with Crippen molar-refractivity contribution in [2.45, 2.75) is 40.7 Å². The minimum Gasteiger partial charge on any atom is -0.492 e. The molecule has 11 heteroatoms. The standard InChI is InChI=1S/C24H29Cl2N3O6/c1-6-32-19-12-18(21(34-8-3)11-16(19)26)28-29-23(14(5)30)24(31)27-17-10-15(25)20(33-7-2)13-22(17)35-9-4/h10-13,23H,6-9H2,1-5H3,(H,27,31). The highest BCUT2D eigenvalue weighted by Gasteiger charge is 2.25. The van der Waals surface area contributed by atoms with Gasteiger partial charge >= 0.3 is 0 Å². The van der Waals surface area contributed by atoms with E-state index in [4.69, 9.17) is 42.1 Å². The number of rotatable bonds is 13. The number of nitrogens with one attached hydrogen (secondary N) is 1. The predicted octanol–water partition coefficient (Wildman–Crippen LogP) is 6.27. The smallest absolute Gasteiger partial charge is 0.258 e. The van der Waals surface area contributed by atoms with Crippen LogP contribution in [-0.4, -0.2) is 44.2 Å². The molecule has 0 aliphatic rings. The largest absolute Gasteiger partial charge is 0.492 e. The van der Waals surface area contributed by atoms with Crippen LogP contribution >= 0.6 is 23.2 Å². The van der Waals surface area contributed by atoms with Gasteiger partial charge in [0.05, 0.1) is 42.2 Å². The Balaban J connectivity index is 2.37. The van der Waals surface area contributed by atoms with E-state index in [9.17, 15) is 9.59 Å². The van der Waals surface area contributed by atoms with Crippen molar-refractivity contribution < 1.29 is 28.5 Å². The molecule has 35 heavy (non-hydrogen) atoms. The van der Waals surface area contributed by atoms with Crippen LogP contribution in [0.5, 0.6) is 23.0 Å². The van der Waals surface area contributed by atoms with E-state index in [2.05, 4.69) is 15.5 Å². The zero-order valence-electron chi connectivity index (χ0n) is 20.3. The summed E-state index contributed by atoms with van der Waals surface area (Å²) < 4.78 is 22.1. The molecule has 1 atom stereocenters. The first kappa shape index (κ1) is 28.2. The number of azo groups is 1. The second-order valence-corrected chi connectivity index (χ2v) is 7.79. The third kappa shape index (κ3) is 7.73. The second-order valence-electron chi connectivity index (χ2n) is 6.98. The third-order valence-electron chi connectivity index (χ3n) is 4.42. The highest BCUT2D eigenvalue weighted by molar-refractivity contribution is 6.32. The van der Waals surface area contributed by atoms with Crippen molar-refractivity contribution in [2.75, 3.05) is 31.7 Å². The molecule has 190 valence electrons. The molecule has 2 aromatic carbocycles. The van der Waals surface area contributed by atoms with E-state index in [-0.39, 0.29) is 16.4 Å². The van der Waals surface area contributed by atoms with Crippen LogP contribution in [0.15, 0.2) is 34.5 Å². The zero-order valence-corrected chi connectivity index (χ0v) is 21.8. The van der Waals surface area contributed by atoms with Gasteiger partial charge in [0.25, 0.3) is 5.91 Å². The molecule has 0 saturated carbocycles. The van der Waals surface area contributed by atoms with Crippen LogP contribution in [-0.2, 0) is 9.59 Å². The van der Waals surface area contributed by atoms with Crippen LogP contribution in [0.4, 0.5) is 11.4 Å². The Kier molecular flexibility index (Phi) is 11.1. The van der Waals surface area contributed by atoms with E-state index < -0.39 is 17.7 Å². The van der Waals surface area contributed by atoms with E-state index >= 15 is 0 Å². The van der Waals surface area contributed by atoms with Crippen molar-refractivity contribution in [3.63, 3.8) is 0 Å². The zero-order chi connectivity index (χ0) is 26.0. The van der Waals surface area contributed by atoms with Crippen LogP contribution in [0.3, 0.4) is 0 Å². The lowest BCUT2D eigenvalue weighted by Gasteiger charge is -2.16.